The van der Waals surface area contributed by atoms with Gasteiger partial charge in [-0.05, 0) is 43.2 Å². The summed E-state index contributed by atoms with van der Waals surface area (Å²) in [5.74, 6) is 0. The number of aliphatic hydroxyl groups excluding tert-OH is 1. The van der Waals surface area contributed by atoms with Gasteiger partial charge < -0.3 is 14.6 Å². The molecule has 2 heterocycles. The molecule has 4 nitrogen and oxygen atoms in total. The number of benzene rings is 1. The van der Waals surface area contributed by atoms with Crippen LogP contribution in [0.2, 0.25) is 0 Å². The highest BCUT2D eigenvalue weighted by atomic mass is 16.3. The number of anilines is 1. The summed E-state index contributed by atoms with van der Waals surface area (Å²) < 4.78 is 2.07. The molecule has 4 heteroatoms. The molecule has 1 atom stereocenters. The molecule has 1 spiro atoms. The van der Waals surface area contributed by atoms with Gasteiger partial charge in [-0.2, -0.15) is 0 Å². The number of piperidine rings is 1. The van der Waals surface area contributed by atoms with Crippen LogP contribution in [0.15, 0.2) is 24.5 Å². The summed E-state index contributed by atoms with van der Waals surface area (Å²) in [6, 6.07) is 6.42. The molecule has 0 radical (unpaired) electrons. The predicted molar refractivity (Wildman–Crippen MR) is 84.5 cm³/mol. The summed E-state index contributed by atoms with van der Waals surface area (Å²) in [4.78, 5) is 7.02. The van der Waals surface area contributed by atoms with Gasteiger partial charge in [0.1, 0.15) is 5.52 Å². The molecule has 1 aromatic heterocycles. The average Bonchev–Trinajstić information content (AvgIpc) is 3.05. The van der Waals surface area contributed by atoms with Crippen molar-refractivity contribution in [2.45, 2.75) is 38.2 Å². The zero-order chi connectivity index (χ0) is 14.4. The van der Waals surface area contributed by atoms with Gasteiger partial charge in [-0.15, -0.1) is 0 Å². The molecule has 1 aliphatic carbocycles. The van der Waals surface area contributed by atoms with Gasteiger partial charge in [-0.25, -0.2) is 4.98 Å². The zero-order valence-electron chi connectivity index (χ0n) is 12.6. The third-order valence-electron chi connectivity index (χ3n) is 5.69. The fraction of sp³-hybridized carbons (Fsp3) is 0.588. The molecule has 1 saturated heterocycles. The zero-order valence-corrected chi connectivity index (χ0v) is 12.6. The Hall–Kier alpha value is -1.55. The van der Waals surface area contributed by atoms with Crippen LogP contribution in [0.5, 0.6) is 0 Å². The van der Waals surface area contributed by atoms with Crippen LogP contribution in [0, 0.1) is 5.41 Å². The van der Waals surface area contributed by atoms with E-state index < -0.39 is 0 Å². The second kappa shape index (κ2) is 4.73. The molecule has 0 amide bonds. The van der Waals surface area contributed by atoms with Gasteiger partial charge in [0, 0.05) is 20.1 Å². The minimum atomic E-state index is -0.0784. The fourth-order valence-electron chi connectivity index (χ4n) is 4.29. The first kappa shape index (κ1) is 13.1. The summed E-state index contributed by atoms with van der Waals surface area (Å²) in [5.41, 5.74) is 3.74. The van der Waals surface area contributed by atoms with Gasteiger partial charge in [0.05, 0.1) is 23.6 Å². The number of aliphatic hydroxyl groups is 1. The number of para-hydroxylation sites is 1. The molecule has 21 heavy (non-hydrogen) atoms. The fourth-order valence-corrected chi connectivity index (χ4v) is 4.29. The lowest BCUT2D eigenvalue weighted by Gasteiger charge is -2.42. The van der Waals surface area contributed by atoms with Crippen molar-refractivity contribution in [3.05, 3.63) is 24.5 Å². The van der Waals surface area contributed by atoms with Crippen LogP contribution in [0.3, 0.4) is 0 Å². The van der Waals surface area contributed by atoms with Crippen molar-refractivity contribution >= 4 is 16.7 Å². The Balaban J connectivity index is 1.60. The van der Waals surface area contributed by atoms with E-state index in [0.717, 1.165) is 37.9 Å². The van der Waals surface area contributed by atoms with Crippen molar-refractivity contribution in [1.29, 1.82) is 0 Å². The lowest BCUT2D eigenvalue weighted by molar-refractivity contribution is 0.0334. The monoisotopic (exact) mass is 285 g/mol. The standard InChI is InChI=1S/C17H23N3O/c1-19-12-18-16-13(19)4-2-5-14(16)20-10-8-17(9-11-20)7-3-6-15(17)21/h2,4-5,12,15,21H,3,6-11H2,1H3. The lowest BCUT2D eigenvalue weighted by Crippen LogP contribution is -2.43. The van der Waals surface area contributed by atoms with Crippen molar-refractivity contribution in [2.24, 2.45) is 12.5 Å². The van der Waals surface area contributed by atoms with E-state index >= 15 is 0 Å². The van der Waals surface area contributed by atoms with Crippen LogP contribution in [-0.4, -0.2) is 33.9 Å². The average molecular weight is 285 g/mol. The third-order valence-corrected chi connectivity index (χ3v) is 5.69. The van der Waals surface area contributed by atoms with Crippen molar-refractivity contribution in [2.75, 3.05) is 18.0 Å². The number of imidazole rings is 1. The van der Waals surface area contributed by atoms with E-state index in [1.807, 2.05) is 13.4 Å². The highest BCUT2D eigenvalue weighted by molar-refractivity contribution is 5.89. The van der Waals surface area contributed by atoms with E-state index in [1.54, 1.807) is 0 Å². The van der Waals surface area contributed by atoms with Crippen LogP contribution in [0.25, 0.3) is 11.0 Å². The van der Waals surface area contributed by atoms with E-state index in [-0.39, 0.29) is 11.5 Å². The van der Waals surface area contributed by atoms with E-state index in [0.29, 0.717) is 0 Å². The highest BCUT2D eigenvalue weighted by Crippen LogP contribution is 2.47. The van der Waals surface area contributed by atoms with Crippen molar-refractivity contribution in [3.63, 3.8) is 0 Å². The van der Waals surface area contributed by atoms with E-state index in [9.17, 15) is 5.11 Å². The summed E-state index contributed by atoms with van der Waals surface area (Å²) in [7, 11) is 2.04. The molecule has 1 N–H and O–H groups in total. The van der Waals surface area contributed by atoms with E-state index in [2.05, 4.69) is 32.7 Å². The Morgan fingerprint density at radius 3 is 2.76 bits per heavy atom. The number of aryl methyl sites for hydroxylation is 1. The molecule has 0 bridgehead atoms. The summed E-state index contributed by atoms with van der Waals surface area (Å²) >= 11 is 0. The van der Waals surface area contributed by atoms with Gasteiger partial charge in [-0.3, -0.25) is 0 Å². The first-order valence-electron chi connectivity index (χ1n) is 8.03. The Morgan fingerprint density at radius 2 is 2.05 bits per heavy atom. The largest absolute Gasteiger partial charge is 0.393 e. The molecule has 1 aliphatic heterocycles. The van der Waals surface area contributed by atoms with Gasteiger partial charge in [-0.1, -0.05) is 12.5 Å². The molecule has 2 fully saturated rings. The van der Waals surface area contributed by atoms with Crippen molar-refractivity contribution in [3.8, 4) is 0 Å². The van der Waals surface area contributed by atoms with Crippen molar-refractivity contribution < 1.29 is 5.11 Å². The number of fused-ring (bicyclic) bond motifs is 1. The maximum Gasteiger partial charge on any atom is 0.112 e. The van der Waals surface area contributed by atoms with E-state index in [4.69, 9.17) is 0 Å². The second-order valence-electron chi connectivity index (χ2n) is 6.76. The van der Waals surface area contributed by atoms with Crippen LogP contribution < -0.4 is 4.90 Å². The third kappa shape index (κ3) is 1.96. The van der Waals surface area contributed by atoms with Gasteiger partial charge in [0.25, 0.3) is 0 Å². The highest BCUT2D eigenvalue weighted by Gasteiger charge is 2.44. The smallest absolute Gasteiger partial charge is 0.112 e. The van der Waals surface area contributed by atoms with Gasteiger partial charge in [0.15, 0.2) is 0 Å². The number of aromatic nitrogens is 2. The summed E-state index contributed by atoms with van der Waals surface area (Å²) in [6.07, 6.45) is 7.42. The lowest BCUT2D eigenvalue weighted by atomic mass is 9.75. The molecule has 1 saturated carbocycles. The number of rotatable bonds is 1. The number of nitrogens with zero attached hydrogens (tertiary/aromatic N) is 3. The minimum absolute atomic E-state index is 0.0784. The molecule has 2 aromatic rings. The molecular weight excluding hydrogens is 262 g/mol. The Bertz CT molecular complexity index is 655. The first-order valence-corrected chi connectivity index (χ1v) is 8.03. The van der Waals surface area contributed by atoms with Crippen molar-refractivity contribution in [1.82, 2.24) is 9.55 Å². The maximum atomic E-state index is 10.3. The maximum absolute atomic E-state index is 10.3. The van der Waals surface area contributed by atoms with Crippen LogP contribution in [-0.2, 0) is 7.05 Å². The van der Waals surface area contributed by atoms with Crippen LogP contribution in [0.1, 0.15) is 32.1 Å². The molecular formula is C17H23N3O. The van der Waals surface area contributed by atoms with Gasteiger partial charge >= 0.3 is 0 Å². The van der Waals surface area contributed by atoms with Gasteiger partial charge in [0.2, 0.25) is 0 Å². The van der Waals surface area contributed by atoms with E-state index in [1.165, 1.54) is 24.0 Å². The second-order valence-corrected chi connectivity index (χ2v) is 6.76. The SMILES string of the molecule is Cn1cnc2c(N3CCC4(CCCC4O)CC3)cccc21. The normalized spacial score (nSPS) is 25.0. The Morgan fingerprint density at radius 1 is 1.24 bits per heavy atom. The summed E-state index contributed by atoms with van der Waals surface area (Å²) in [6.45, 7) is 2.07. The quantitative estimate of drug-likeness (QED) is 0.876. The number of hydrogen-bond donors (Lipinski definition) is 1. The predicted octanol–water partition coefficient (Wildman–Crippen LogP) is 2.70. The molecule has 112 valence electrons. The van der Waals surface area contributed by atoms with Crippen LogP contribution in [0.4, 0.5) is 5.69 Å². The minimum Gasteiger partial charge on any atom is -0.393 e. The molecule has 1 aromatic carbocycles. The molecule has 2 aliphatic rings. The Labute approximate surface area is 125 Å². The van der Waals surface area contributed by atoms with Crippen LogP contribution >= 0.6 is 0 Å². The Kier molecular flexibility index (Phi) is 2.96. The summed E-state index contributed by atoms with van der Waals surface area (Å²) in [5, 5.41) is 10.3. The molecule has 1 unspecified atom stereocenters. The first-order chi connectivity index (χ1) is 10.2. The molecule has 4 rings (SSSR count). The number of hydrogen-bond acceptors (Lipinski definition) is 3. The topological polar surface area (TPSA) is 41.3 Å².